The Balaban J connectivity index is 1.53. The van der Waals surface area contributed by atoms with Crippen LogP contribution in [-0.2, 0) is 15.9 Å². The second-order valence-corrected chi connectivity index (χ2v) is 7.83. The summed E-state index contributed by atoms with van der Waals surface area (Å²) in [4.78, 5) is 0. The van der Waals surface area contributed by atoms with Crippen molar-refractivity contribution in [1.82, 2.24) is 0 Å². The van der Waals surface area contributed by atoms with Gasteiger partial charge in [-0.05, 0) is 47.7 Å². The molecule has 0 atom stereocenters. The van der Waals surface area contributed by atoms with Crippen LogP contribution in [-0.4, -0.2) is 19.5 Å². The van der Waals surface area contributed by atoms with Crippen molar-refractivity contribution in [2.45, 2.75) is 32.5 Å². The van der Waals surface area contributed by atoms with Gasteiger partial charge in [0.1, 0.15) is 5.82 Å². The van der Waals surface area contributed by atoms with E-state index in [1.165, 1.54) is 6.07 Å². The predicted molar refractivity (Wildman–Crippen MR) is 120 cm³/mol. The number of hydrogen-bond donors (Lipinski definition) is 0. The van der Waals surface area contributed by atoms with E-state index in [1.54, 1.807) is 49.4 Å². The molecule has 5 heteroatoms. The Morgan fingerprint density at radius 2 is 1.47 bits per heavy atom. The van der Waals surface area contributed by atoms with Crippen LogP contribution in [0.25, 0.3) is 22.3 Å². The molecule has 0 unspecified atom stereocenters. The summed E-state index contributed by atoms with van der Waals surface area (Å²) < 4.78 is 54.8. The van der Waals surface area contributed by atoms with E-state index in [0.29, 0.717) is 41.9 Å². The van der Waals surface area contributed by atoms with Crippen LogP contribution in [0.4, 0.5) is 13.2 Å². The average molecular weight is 438 g/mol. The molecule has 0 amide bonds. The SMILES string of the molecule is C/C=C/C1OCC(c2ccc(-c3ccc(-c4ccc(CC)c(F)c4F)cc3)c(F)c2)CO1. The van der Waals surface area contributed by atoms with E-state index in [1.807, 2.05) is 25.1 Å². The first kappa shape index (κ1) is 22.3. The summed E-state index contributed by atoms with van der Waals surface area (Å²) in [6.07, 6.45) is 3.78. The molecule has 166 valence electrons. The molecule has 4 rings (SSSR count). The Bertz CT molecular complexity index is 1110. The molecule has 0 aromatic heterocycles. The molecule has 1 fully saturated rings. The minimum absolute atomic E-state index is 0.0357. The second kappa shape index (κ2) is 9.72. The van der Waals surface area contributed by atoms with E-state index in [2.05, 4.69) is 0 Å². The van der Waals surface area contributed by atoms with Gasteiger partial charge >= 0.3 is 0 Å². The number of rotatable bonds is 5. The summed E-state index contributed by atoms with van der Waals surface area (Å²) in [6.45, 7) is 4.60. The molecule has 0 bridgehead atoms. The van der Waals surface area contributed by atoms with Crippen molar-refractivity contribution in [2.24, 2.45) is 0 Å². The van der Waals surface area contributed by atoms with E-state index >= 15 is 0 Å². The topological polar surface area (TPSA) is 18.5 Å². The average Bonchev–Trinajstić information content (AvgIpc) is 2.82. The third-order valence-corrected chi connectivity index (χ3v) is 5.79. The van der Waals surface area contributed by atoms with Crippen molar-refractivity contribution in [3.63, 3.8) is 0 Å². The molecular formula is C27H25F3O2. The van der Waals surface area contributed by atoms with Crippen LogP contribution in [0.3, 0.4) is 0 Å². The highest BCUT2D eigenvalue weighted by atomic mass is 19.2. The normalized spacial score (nSPS) is 18.9. The van der Waals surface area contributed by atoms with Gasteiger partial charge < -0.3 is 9.47 Å². The molecule has 1 saturated heterocycles. The van der Waals surface area contributed by atoms with Crippen molar-refractivity contribution in [3.8, 4) is 22.3 Å². The number of benzene rings is 3. The van der Waals surface area contributed by atoms with Gasteiger partial charge in [-0.1, -0.05) is 61.5 Å². The third kappa shape index (κ3) is 4.50. The highest BCUT2D eigenvalue weighted by Crippen LogP contribution is 2.32. The van der Waals surface area contributed by atoms with E-state index in [-0.39, 0.29) is 23.6 Å². The van der Waals surface area contributed by atoms with Crippen molar-refractivity contribution >= 4 is 0 Å². The van der Waals surface area contributed by atoms with E-state index in [4.69, 9.17) is 9.47 Å². The molecule has 0 N–H and O–H groups in total. The number of halogens is 3. The molecule has 0 radical (unpaired) electrons. The lowest BCUT2D eigenvalue weighted by molar-refractivity contribution is -0.159. The fraction of sp³-hybridized carbons (Fsp3) is 0.259. The Labute approximate surface area is 186 Å². The lowest BCUT2D eigenvalue weighted by Gasteiger charge is -2.28. The first-order valence-corrected chi connectivity index (χ1v) is 10.7. The summed E-state index contributed by atoms with van der Waals surface area (Å²) in [7, 11) is 0. The van der Waals surface area contributed by atoms with Crippen molar-refractivity contribution < 1.29 is 22.6 Å². The molecule has 3 aromatic carbocycles. The maximum Gasteiger partial charge on any atom is 0.176 e. The van der Waals surface area contributed by atoms with Gasteiger partial charge in [-0.15, -0.1) is 0 Å². The number of allylic oxidation sites excluding steroid dienone is 1. The summed E-state index contributed by atoms with van der Waals surface area (Å²) in [6, 6.07) is 15.1. The van der Waals surface area contributed by atoms with Gasteiger partial charge in [-0.3, -0.25) is 0 Å². The zero-order valence-electron chi connectivity index (χ0n) is 18.1. The number of ether oxygens (including phenoxy) is 2. The van der Waals surface area contributed by atoms with Crippen LogP contribution in [0.1, 0.15) is 30.9 Å². The highest BCUT2D eigenvalue weighted by molar-refractivity contribution is 5.71. The Kier molecular flexibility index (Phi) is 6.77. The smallest absolute Gasteiger partial charge is 0.176 e. The van der Waals surface area contributed by atoms with Crippen molar-refractivity contribution in [1.29, 1.82) is 0 Å². The number of aryl methyl sites for hydroxylation is 1. The lowest BCUT2D eigenvalue weighted by Crippen LogP contribution is -2.29. The molecule has 2 nitrogen and oxygen atoms in total. The zero-order valence-corrected chi connectivity index (χ0v) is 18.1. The van der Waals surface area contributed by atoms with Crippen LogP contribution in [0.15, 0.2) is 66.7 Å². The summed E-state index contributed by atoms with van der Waals surface area (Å²) in [5.41, 5.74) is 2.99. The monoisotopic (exact) mass is 438 g/mol. The third-order valence-electron chi connectivity index (χ3n) is 5.79. The van der Waals surface area contributed by atoms with Gasteiger partial charge in [0.2, 0.25) is 0 Å². The first-order chi connectivity index (χ1) is 15.5. The second-order valence-electron chi connectivity index (χ2n) is 7.83. The summed E-state index contributed by atoms with van der Waals surface area (Å²) >= 11 is 0. The fourth-order valence-corrected chi connectivity index (χ4v) is 3.91. The minimum Gasteiger partial charge on any atom is -0.348 e. The van der Waals surface area contributed by atoms with Gasteiger partial charge in [0.05, 0.1) is 13.2 Å². The highest BCUT2D eigenvalue weighted by Gasteiger charge is 2.23. The van der Waals surface area contributed by atoms with Crippen LogP contribution < -0.4 is 0 Å². The van der Waals surface area contributed by atoms with Crippen LogP contribution in [0.5, 0.6) is 0 Å². The van der Waals surface area contributed by atoms with Gasteiger partial charge in [-0.25, -0.2) is 13.2 Å². The summed E-state index contributed by atoms with van der Waals surface area (Å²) in [5, 5.41) is 0. The Morgan fingerprint density at radius 3 is 2.06 bits per heavy atom. The van der Waals surface area contributed by atoms with Gasteiger partial charge in [0.25, 0.3) is 0 Å². The van der Waals surface area contributed by atoms with Crippen LogP contribution >= 0.6 is 0 Å². The molecule has 1 aliphatic rings. The fourth-order valence-electron chi connectivity index (χ4n) is 3.91. The number of hydrogen-bond acceptors (Lipinski definition) is 2. The van der Waals surface area contributed by atoms with Gasteiger partial charge in [0.15, 0.2) is 17.9 Å². The Hall–Kier alpha value is -2.89. The van der Waals surface area contributed by atoms with E-state index in [0.717, 1.165) is 5.56 Å². The quantitative estimate of drug-likeness (QED) is 0.398. The molecule has 1 heterocycles. The standard InChI is InChI=1S/C27H25F3O2/c1-3-5-25-31-15-21(16-32-25)20-11-12-22(24(28)14-20)18-6-8-19(9-7-18)23-13-10-17(4-2)26(29)27(23)30/h3,5-14,21,25H,4,15-16H2,1-2H3/b5-3+. The molecule has 0 aliphatic carbocycles. The minimum atomic E-state index is -0.860. The van der Waals surface area contributed by atoms with Crippen molar-refractivity contribution in [2.75, 3.05) is 13.2 Å². The molecule has 32 heavy (non-hydrogen) atoms. The lowest BCUT2D eigenvalue weighted by atomic mass is 9.95. The first-order valence-electron chi connectivity index (χ1n) is 10.7. The molecule has 0 saturated carbocycles. The molecular weight excluding hydrogens is 413 g/mol. The largest absolute Gasteiger partial charge is 0.348 e. The van der Waals surface area contributed by atoms with Gasteiger partial charge in [0, 0.05) is 17.0 Å². The molecule has 1 aliphatic heterocycles. The van der Waals surface area contributed by atoms with Crippen molar-refractivity contribution in [3.05, 3.63) is 95.3 Å². The zero-order chi connectivity index (χ0) is 22.7. The molecule has 3 aromatic rings. The maximum absolute atomic E-state index is 14.9. The van der Waals surface area contributed by atoms with Crippen LogP contribution in [0, 0.1) is 17.5 Å². The summed E-state index contributed by atoms with van der Waals surface area (Å²) in [5.74, 6) is -2.06. The van der Waals surface area contributed by atoms with Gasteiger partial charge in [-0.2, -0.15) is 0 Å². The maximum atomic E-state index is 14.9. The predicted octanol–water partition coefficient (Wildman–Crippen LogP) is 7.03. The Morgan fingerprint density at radius 1 is 0.844 bits per heavy atom. The van der Waals surface area contributed by atoms with Crippen LogP contribution in [0.2, 0.25) is 0 Å². The van der Waals surface area contributed by atoms with E-state index in [9.17, 15) is 13.2 Å². The molecule has 0 spiro atoms. The van der Waals surface area contributed by atoms with E-state index < -0.39 is 11.6 Å².